The molecule has 3 rings (SSSR count). The van der Waals surface area contributed by atoms with Crippen molar-refractivity contribution >= 4 is 7.32 Å². The van der Waals surface area contributed by atoms with E-state index in [0.29, 0.717) is 0 Å². The summed E-state index contributed by atoms with van der Waals surface area (Å²) in [7, 11) is -0.662. The molecule has 0 aliphatic rings. The second-order valence-electron chi connectivity index (χ2n) is 8.04. The van der Waals surface area contributed by atoms with Crippen LogP contribution in [0.15, 0.2) is 0 Å². The highest BCUT2D eigenvalue weighted by Gasteiger charge is 2.43. The predicted octanol–water partition coefficient (Wildman–Crippen LogP) is 5.83. The lowest BCUT2D eigenvalue weighted by Crippen LogP contribution is -2.39. The maximum Gasteiger partial charge on any atom is 0.864 e. The van der Waals surface area contributed by atoms with Gasteiger partial charge in [-0.2, -0.15) is 26.3 Å². The Kier molecular flexibility index (Phi) is 11.9. The summed E-state index contributed by atoms with van der Waals surface area (Å²) in [5.41, 5.74) is 0. The summed E-state index contributed by atoms with van der Waals surface area (Å²) in [5.74, 6) is -40.9. The molecule has 3 aromatic rings. The number of halogens is 12. The normalized spacial score (nSPS) is 11.0. The molecule has 0 fully saturated rings. The summed E-state index contributed by atoms with van der Waals surface area (Å²) in [6, 6.07) is 0. The topological polar surface area (TPSA) is 83.1 Å². The quantitative estimate of drug-likeness (QED) is 0.0646. The largest absolute Gasteiger partial charge is 0.864 e. The van der Waals surface area contributed by atoms with Gasteiger partial charge in [0.1, 0.15) is 0 Å². The fourth-order valence-electron chi connectivity index (χ4n) is 3.19. The highest BCUT2D eigenvalue weighted by Crippen LogP contribution is 2.42. The first-order valence-electron chi connectivity index (χ1n) is 11.7. The average Bonchev–Trinajstić information content (AvgIpc) is 3.04. The molecule has 0 unspecified atom stereocenters. The summed E-state index contributed by atoms with van der Waals surface area (Å²) in [5, 5.41) is 0. The van der Waals surface area contributed by atoms with Crippen LogP contribution >= 0.6 is 0 Å². The molecule has 0 atom stereocenters. The molecular formula is C24H15BF12O9. The molecule has 0 saturated carbocycles. The summed E-state index contributed by atoms with van der Waals surface area (Å²) in [6.45, 7) is -3.17. The van der Waals surface area contributed by atoms with Gasteiger partial charge in [-0.3, -0.25) is 0 Å². The van der Waals surface area contributed by atoms with Crippen molar-refractivity contribution in [1.82, 2.24) is 0 Å². The maximum absolute atomic E-state index is 14.9. The number of hydrogen-bond acceptors (Lipinski definition) is 9. The zero-order valence-electron chi connectivity index (χ0n) is 22.9. The van der Waals surface area contributed by atoms with Gasteiger partial charge in [0.05, 0.1) is 0 Å². The molecule has 9 nitrogen and oxygen atoms in total. The van der Waals surface area contributed by atoms with Gasteiger partial charge in [0.15, 0.2) is 37.6 Å². The smallest absolute Gasteiger partial charge is 0.484 e. The molecule has 0 aliphatic heterocycles. The molecule has 0 spiro atoms. The van der Waals surface area contributed by atoms with Crippen molar-refractivity contribution in [3.05, 3.63) is 69.8 Å². The first kappa shape index (κ1) is 36.0. The first-order valence-corrected chi connectivity index (χ1v) is 11.7. The van der Waals surface area contributed by atoms with Crippen LogP contribution in [0, 0.1) is 69.8 Å². The van der Waals surface area contributed by atoms with Gasteiger partial charge >= 0.3 is 7.32 Å². The second kappa shape index (κ2) is 15.2. The Bertz CT molecular complexity index is 1410. The minimum Gasteiger partial charge on any atom is -0.484 e. The Morgan fingerprint density at radius 1 is 0.326 bits per heavy atom. The summed E-state index contributed by atoms with van der Waals surface area (Å²) >= 11 is 0. The maximum atomic E-state index is 14.9. The minimum absolute atomic E-state index is 0.910. The van der Waals surface area contributed by atoms with Gasteiger partial charge < -0.3 is 42.4 Å². The average molecular weight is 686 g/mol. The summed E-state index contributed by atoms with van der Waals surface area (Å²) in [6.07, 6.45) is 0. The van der Waals surface area contributed by atoms with Crippen molar-refractivity contribution < 1.29 is 95.1 Å². The van der Waals surface area contributed by atoms with Crippen LogP contribution in [-0.2, 0) is 14.2 Å². The third-order valence-corrected chi connectivity index (χ3v) is 5.15. The molecule has 0 aromatic heterocycles. The van der Waals surface area contributed by atoms with E-state index in [9.17, 15) is 52.7 Å². The van der Waals surface area contributed by atoms with E-state index in [1.807, 2.05) is 0 Å². The molecule has 3 aromatic carbocycles. The predicted molar refractivity (Wildman–Crippen MR) is 124 cm³/mol. The van der Waals surface area contributed by atoms with E-state index >= 15 is 0 Å². The van der Waals surface area contributed by atoms with Crippen LogP contribution in [0.2, 0.25) is 0 Å². The summed E-state index contributed by atoms with van der Waals surface area (Å²) in [4.78, 5) is 0. The zero-order chi connectivity index (χ0) is 34.5. The molecule has 0 aliphatic carbocycles. The highest BCUT2D eigenvalue weighted by molar-refractivity contribution is 6.39. The van der Waals surface area contributed by atoms with Crippen LogP contribution in [-0.4, -0.2) is 49.0 Å². The van der Waals surface area contributed by atoms with Crippen LogP contribution in [0.1, 0.15) is 0 Å². The Morgan fingerprint density at radius 2 is 0.522 bits per heavy atom. The van der Waals surface area contributed by atoms with E-state index in [4.69, 9.17) is 14.0 Å². The van der Waals surface area contributed by atoms with Gasteiger partial charge in [0.2, 0.25) is 87.1 Å². The van der Waals surface area contributed by atoms with Gasteiger partial charge in [-0.25, -0.2) is 26.3 Å². The fraction of sp³-hybridized carbons (Fsp3) is 0.250. The SMILES string of the molecule is COCOc1c(F)c(F)c(F)c(F)c1OB(Oc1c(F)c(F)c(F)c(F)c1OCOC)Oc1c(F)c(F)c(F)c(F)c1OCOC. The Labute approximate surface area is 249 Å². The van der Waals surface area contributed by atoms with E-state index in [1.54, 1.807) is 0 Å². The van der Waals surface area contributed by atoms with Gasteiger partial charge in [-0.05, 0) is 0 Å². The number of methoxy groups -OCH3 is 3. The van der Waals surface area contributed by atoms with Crippen LogP contribution in [0.25, 0.3) is 0 Å². The van der Waals surface area contributed by atoms with Crippen LogP contribution in [0.5, 0.6) is 34.5 Å². The van der Waals surface area contributed by atoms with Crippen LogP contribution in [0.3, 0.4) is 0 Å². The van der Waals surface area contributed by atoms with E-state index in [0.717, 1.165) is 21.3 Å². The third kappa shape index (κ3) is 7.02. The van der Waals surface area contributed by atoms with Crippen molar-refractivity contribution in [1.29, 1.82) is 0 Å². The van der Waals surface area contributed by atoms with Crippen LogP contribution < -0.4 is 28.2 Å². The number of hydrogen-bond donors (Lipinski definition) is 0. The molecule has 0 amide bonds. The fourth-order valence-corrected chi connectivity index (χ4v) is 3.19. The van der Waals surface area contributed by atoms with Crippen molar-refractivity contribution in [2.45, 2.75) is 0 Å². The number of rotatable bonds is 15. The molecule has 0 heterocycles. The Morgan fingerprint density at radius 3 is 0.717 bits per heavy atom. The molecular weight excluding hydrogens is 671 g/mol. The standard InChI is InChI=1S/C24H15BF12O9/c1-38-4-41-19-13(32)7(26)10(29)16(35)22(19)44-25(45-23-17(36)11(30)8(27)14(33)20(23)42-5-39-2)46-24-18(37)12(31)9(28)15(34)21(24)43-6-40-3/h4-6H2,1-3H3. The van der Waals surface area contributed by atoms with E-state index in [-0.39, 0.29) is 0 Å². The minimum atomic E-state index is -3.39. The third-order valence-electron chi connectivity index (χ3n) is 5.15. The van der Waals surface area contributed by atoms with Gasteiger partial charge in [-0.1, -0.05) is 0 Å². The molecule has 252 valence electrons. The molecule has 0 bridgehead atoms. The second-order valence-corrected chi connectivity index (χ2v) is 8.04. The molecule has 22 heteroatoms. The van der Waals surface area contributed by atoms with E-state index < -0.39 is 132 Å². The van der Waals surface area contributed by atoms with Crippen molar-refractivity contribution in [3.63, 3.8) is 0 Å². The molecule has 46 heavy (non-hydrogen) atoms. The first-order chi connectivity index (χ1) is 21.7. The Balaban J connectivity index is 2.33. The lowest BCUT2D eigenvalue weighted by Gasteiger charge is -2.22. The number of ether oxygens (including phenoxy) is 6. The van der Waals surface area contributed by atoms with Crippen molar-refractivity contribution in [2.75, 3.05) is 41.7 Å². The van der Waals surface area contributed by atoms with Crippen molar-refractivity contribution in [3.8, 4) is 34.5 Å². The molecule has 0 radical (unpaired) electrons. The lowest BCUT2D eigenvalue weighted by molar-refractivity contribution is 0.0432. The van der Waals surface area contributed by atoms with Gasteiger partial charge in [0, 0.05) is 21.3 Å². The highest BCUT2D eigenvalue weighted by atomic mass is 19.2. The molecule has 0 N–H and O–H groups in total. The van der Waals surface area contributed by atoms with Crippen molar-refractivity contribution in [2.24, 2.45) is 0 Å². The lowest BCUT2D eigenvalue weighted by atomic mass is 10.1. The van der Waals surface area contributed by atoms with Gasteiger partial charge in [0.25, 0.3) is 0 Å². The van der Waals surface area contributed by atoms with E-state index in [1.165, 1.54) is 0 Å². The summed E-state index contributed by atoms with van der Waals surface area (Å²) < 4.78 is 214. The zero-order valence-corrected chi connectivity index (χ0v) is 22.9. The van der Waals surface area contributed by atoms with Crippen LogP contribution in [0.4, 0.5) is 52.7 Å². The molecule has 0 saturated heterocycles. The monoisotopic (exact) mass is 686 g/mol. The Hall–Kier alpha value is -4.44. The van der Waals surface area contributed by atoms with E-state index in [2.05, 4.69) is 28.4 Å². The van der Waals surface area contributed by atoms with Gasteiger partial charge in [-0.15, -0.1) is 0 Å². The number of benzene rings is 3.